The number of hydrogen-bond acceptors (Lipinski definition) is 4. The predicted octanol–water partition coefficient (Wildman–Crippen LogP) is 1.54. The Kier molecular flexibility index (Phi) is 4.91. The molecule has 0 aliphatic heterocycles. The average Bonchev–Trinajstić information content (AvgIpc) is 2.88. The molecule has 0 bridgehead atoms. The van der Waals surface area contributed by atoms with Crippen LogP contribution in [0, 0.1) is 6.92 Å². The molecule has 1 fully saturated rings. The summed E-state index contributed by atoms with van der Waals surface area (Å²) < 4.78 is 1.82. The van der Waals surface area contributed by atoms with E-state index in [1.54, 1.807) is 0 Å². The Morgan fingerprint density at radius 3 is 2.35 bits per heavy atom. The smallest absolute Gasteiger partial charge is 0.338 e. The molecule has 5 heteroatoms. The number of aryl methyl sites for hydroxylation is 1. The molecule has 2 rings (SSSR count). The summed E-state index contributed by atoms with van der Waals surface area (Å²) >= 11 is 0. The lowest BCUT2D eigenvalue weighted by Crippen LogP contribution is -2.17. The first-order valence-corrected chi connectivity index (χ1v) is 5.98. The highest BCUT2D eigenvalue weighted by atomic mass is 16.2. The summed E-state index contributed by atoms with van der Waals surface area (Å²) in [6.45, 7) is 4.19. The largest absolute Gasteiger partial charge is 0.373 e. The summed E-state index contributed by atoms with van der Waals surface area (Å²) in [4.78, 5) is 20.9. The molecule has 5 nitrogen and oxygen atoms in total. The number of rotatable bonds is 2. The van der Waals surface area contributed by atoms with Crippen molar-refractivity contribution in [2.24, 2.45) is 0 Å². The quantitative estimate of drug-likeness (QED) is 0.791. The number of nitrogens with two attached hydrogens (primary N) is 1. The molecule has 1 aliphatic carbocycles. The monoisotopic (exact) mass is 237 g/mol. The highest BCUT2D eigenvalue weighted by molar-refractivity contribution is 5.20. The van der Waals surface area contributed by atoms with Crippen LogP contribution in [-0.2, 0) is 16.0 Å². The van der Waals surface area contributed by atoms with Crippen molar-refractivity contribution in [2.75, 3.05) is 5.84 Å². The first-order valence-electron chi connectivity index (χ1n) is 5.98. The molecule has 0 radical (unpaired) electrons. The van der Waals surface area contributed by atoms with Crippen molar-refractivity contribution >= 4 is 6.15 Å². The molecule has 1 saturated carbocycles. The maximum absolute atomic E-state index is 8.12. The van der Waals surface area contributed by atoms with Crippen LogP contribution in [-0.4, -0.2) is 15.8 Å². The number of imidazole rings is 1. The van der Waals surface area contributed by atoms with Gasteiger partial charge in [-0.2, -0.15) is 9.59 Å². The highest BCUT2D eigenvalue weighted by Crippen LogP contribution is 2.33. The minimum Gasteiger partial charge on any atom is -0.338 e. The van der Waals surface area contributed by atoms with E-state index in [0.717, 1.165) is 17.9 Å². The van der Waals surface area contributed by atoms with Crippen molar-refractivity contribution in [3.05, 3.63) is 17.2 Å². The van der Waals surface area contributed by atoms with Crippen LogP contribution in [0.25, 0.3) is 0 Å². The van der Waals surface area contributed by atoms with E-state index in [1.807, 2.05) is 4.68 Å². The third-order valence-electron chi connectivity index (χ3n) is 3.29. The first-order chi connectivity index (χ1) is 8.15. The van der Waals surface area contributed by atoms with Gasteiger partial charge in [0, 0.05) is 5.92 Å². The molecule has 1 aromatic heterocycles. The van der Waals surface area contributed by atoms with Crippen LogP contribution < -0.4 is 5.84 Å². The molecule has 94 valence electrons. The van der Waals surface area contributed by atoms with Gasteiger partial charge in [-0.3, -0.25) is 4.68 Å². The Labute approximate surface area is 101 Å². The molecule has 1 aromatic rings. The number of nitrogen functional groups attached to an aromatic ring is 1. The fourth-order valence-electron chi connectivity index (χ4n) is 2.50. The van der Waals surface area contributed by atoms with Gasteiger partial charge in [0.1, 0.15) is 5.82 Å². The predicted molar refractivity (Wildman–Crippen MR) is 62.7 cm³/mol. The standard InChI is InChI=1S/C11H19N3.CO2/c1-3-10-8(2)13-11(14(10)12)9-6-4-5-7-9;2-1-3/h9H,3-7,12H2,1-2H3;. The molecule has 0 aromatic carbocycles. The Morgan fingerprint density at radius 1 is 1.41 bits per heavy atom. The SMILES string of the molecule is CCc1c(C)nc(C2CCCC2)n1N.O=C=O. The molecule has 1 aliphatic rings. The summed E-state index contributed by atoms with van der Waals surface area (Å²) in [7, 11) is 0. The molecule has 1 heterocycles. The van der Waals surface area contributed by atoms with Crippen molar-refractivity contribution in [1.82, 2.24) is 9.66 Å². The second kappa shape index (κ2) is 6.21. The van der Waals surface area contributed by atoms with Crippen molar-refractivity contribution in [3.8, 4) is 0 Å². The van der Waals surface area contributed by atoms with Gasteiger partial charge in [-0.05, 0) is 26.2 Å². The second-order valence-corrected chi connectivity index (χ2v) is 4.29. The Bertz CT molecular complexity index is 400. The van der Waals surface area contributed by atoms with Gasteiger partial charge in [0.25, 0.3) is 0 Å². The van der Waals surface area contributed by atoms with Crippen LogP contribution in [0.2, 0.25) is 0 Å². The van der Waals surface area contributed by atoms with Gasteiger partial charge in [-0.1, -0.05) is 19.8 Å². The van der Waals surface area contributed by atoms with Crippen molar-refractivity contribution in [1.29, 1.82) is 0 Å². The van der Waals surface area contributed by atoms with Crippen LogP contribution in [0.1, 0.15) is 55.7 Å². The summed E-state index contributed by atoms with van der Waals surface area (Å²) in [5, 5.41) is 0. The van der Waals surface area contributed by atoms with E-state index >= 15 is 0 Å². The van der Waals surface area contributed by atoms with E-state index in [-0.39, 0.29) is 6.15 Å². The number of hydrogen-bond donors (Lipinski definition) is 1. The normalized spacial score (nSPS) is 15.2. The van der Waals surface area contributed by atoms with Crippen molar-refractivity contribution in [2.45, 2.75) is 51.9 Å². The zero-order chi connectivity index (χ0) is 12.8. The van der Waals surface area contributed by atoms with Gasteiger partial charge in [0.15, 0.2) is 0 Å². The van der Waals surface area contributed by atoms with Crippen LogP contribution in [0.4, 0.5) is 0 Å². The van der Waals surface area contributed by atoms with Gasteiger partial charge in [-0.25, -0.2) is 4.98 Å². The summed E-state index contributed by atoms with van der Waals surface area (Å²) in [6, 6.07) is 0. The van der Waals surface area contributed by atoms with Crippen molar-refractivity contribution < 1.29 is 9.59 Å². The molecule has 0 unspecified atom stereocenters. The lowest BCUT2D eigenvalue weighted by Gasteiger charge is -2.09. The third kappa shape index (κ3) is 2.94. The summed E-state index contributed by atoms with van der Waals surface area (Å²) in [5.74, 6) is 7.77. The van der Waals surface area contributed by atoms with E-state index in [0.29, 0.717) is 5.92 Å². The lowest BCUT2D eigenvalue weighted by molar-refractivity contribution is -0.191. The van der Waals surface area contributed by atoms with Gasteiger partial charge >= 0.3 is 6.15 Å². The molecule has 0 saturated heterocycles. The van der Waals surface area contributed by atoms with E-state index < -0.39 is 0 Å². The number of nitrogens with zero attached hydrogens (tertiary/aromatic N) is 2. The Hall–Kier alpha value is -1.61. The fourth-order valence-corrected chi connectivity index (χ4v) is 2.50. The molecule has 0 spiro atoms. The molecule has 2 N–H and O–H groups in total. The van der Waals surface area contributed by atoms with Gasteiger partial charge in [0.05, 0.1) is 11.4 Å². The number of aromatic nitrogens is 2. The first kappa shape index (κ1) is 13.5. The van der Waals surface area contributed by atoms with Crippen LogP contribution in [0.5, 0.6) is 0 Å². The van der Waals surface area contributed by atoms with Gasteiger partial charge < -0.3 is 5.84 Å². The Balaban J connectivity index is 0.000000437. The van der Waals surface area contributed by atoms with Crippen molar-refractivity contribution in [3.63, 3.8) is 0 Å². The zero-order valence-electron chi connectivity index (χ0n) is 10.4. The minimum absolute atomic E-state index is 0.250. The van der Waals surface area contributed by atoms with Crippen LogP contribution >= 0.6 is 0 Å². The maximum atomic E-state index is 8.12. The average molecular weight is 237 g/mol. The second-order valence-electron chi connectivity index (χ2n) is 4.29. The van der Waals surface area contributed by atoms with Crippen LogP contribution in [0.3, 0.4) is 0 Å². The molecular formula is C12H19N3O2. The summed E-state index contributed by atoms with van der Waals surface area (Å²) in [6.07, 6.45) is 6.41. The fraction of sp³-hybridized carbons (Fsp3) is 0.667. The minimum atomic E-state index is 0.250. The maximum Gasteiger partial charge on any atom is 0.373 e. The highest BCUT2D eigenvalue weighted by Gasteiger charge is 2.23. The van der Waals surface area contributed by atoms with E-state index in [9.17, 15) is 0 Å². The van der Waals surface area contributed by atoms with E-state index in [1.165, 1.54) is 31.4 Å². The Morgan fingerprint density at radius 2 is 1.94 bits per heavy atom. The molecule has 17 heavy (non-hydrogen) atoms. The van der Waals surface area contributed by atoms with Gasteiger partial charge in [0.2, 0.25) is 0 Å². The zero-order valence-corrected chi connectivity index (χ0v) is 10.4. The molecule has 0 atom stereocenters. The van der Waals surface area contributed by atoms with Crippen LogP contribution in [0.15, 0.2) is 0 Å². The topological polar surface area (TPSA) is 78.0 Å². The third-order valence-corrected chi connectivity index (χ3v) is 3.29. The lowest BCUT2D eigenvalue weighted by atomic mass is 10.1. The number of carbonyl (C=O) groups excluding carboxylic acids is 2. The van der Waals surface area contributed by atoms with Gasteiger partial charge in [-0.15, -0.1) is 0 Å². The van der Waals surface area contributed by atoms with E-state index in [2.05, 4.69) is 18.8 Å². The molecular weight excluding hydrogens is 218 g/mol. The summed E-state index contributed by atoms with van der Waals surface area (Å²) in [5.41, 5.74) is 2.30. The molecule has 0 amide bonds. The van der Waals surface area contributed by atoms with E-state index in [4.69, 9.17) is 15.4 Å².